The smallest absolute Gasteiger partial charge is 0.165 e. The van der Waals surface area contributed by atoms with Crippen molar-refractivity contribution in [3.8, 4) is 5.75 Å². The molecule has 0 saturated carbocycles. The van der Waals surface area contributed by atoms with Gasteiger partial charge in [0.25, 0.3) is 0 Å². The number of hydrogen-bond acceptors (Lipinski definition) is 6. The van der Waals surface area contributed by atoms with Crippen LogP contribution in [0.15, 0.2) is 30.6 Å². The van der Waals surface area contributed by atoms with Crippen LogP contribution in [0, 0.1) is 5.82 Å². The van der Waals surface area contributed by atoms with Crippen LogP contribution in [0.5, 0.6) is 5.75 Å². The van der Waals surface area contributed by atoms with Crippen molar-refractivity contribution in [1.29, 1.82) is 0 Å². The lowest BCUT2D eigenvalue weighted by Crippen LogP contribution is -2.38. The fourth-order valence-corrected chi connectivity index (χ4v) is 4.23. The quantitative estimate of drug-likeness (QED) is 0.800. The van der Waals surface area contributed by atoms with Crippen LogP contribution in [0.3, 0.4) is 0 Å². The molecule has 0 radical (unpaired) electrons. The maximum atomic E-state index is 13.9. The normalized spacial score (nSPS) is 18.6. The first-order chi connectivity index (χ1) is 14.2. The Hall–Kier alpha value is -2.41. The van der Waals surface area contributed by atoms with E-state index in [1.807, 2.05) is 6.07 Å². The topological polar surface area (TPSA) is 53.5 Å². The molecule has 7 heteroatoms. The van der Waals surface area contributed by atoms with Gasteiger partial charge in [0.2, 0.25) is 0 Å². The van der Waals surface area contributed by atoms with E-state index in [0.717, 1.165) is 62.8 Å². The van der Waals surface area contributed by atoms with E-state index < -0.39 is 0 Å². The summed E-state index contributed by atoms with van der Waals surface area (Å²) in [7, 11) is 1.49. The molecule has 0 bridgehead atoms. The van der Waals surface area contributed by atoms with Gasteiger partial charge in [-0.1, -0.05) is 6.07 Å². The molecule has 6 nitrogen and oxygen atoms in total. The van der Waals surface area contributed by atoms with Gasteiger partial charge in [0, 0.05) is 44.8 Å². The molecule has 1 N–H and O–H groups in total. The van der Waals surface area contributed by atoms with Crippen molar-refractivity contribution in [2.24, 2.45) is 0 Å². The standard InChI is InChI=1S/C22H30FN5O/c1-29-20-6-5-17(13-19(20)23)15-27-11-7-18(8-12-27)26-21-14-22(25-16-24-21)28-9-3-2-4-10-28/h5-6,13-14,16,18H,2-4,7-12,15H2,1H3,(H,24,25,26). The molecule has 0 atom stereocenters. The van der Waals surface area contributed by atoms with Crippen LogP contribution in [0.4, 0.5) is 16.0 Å². The molecule has 156 valence electrons. The third-order valence-electron chi connectivity index (χ3n) is 5.89. The average molecular weight is 400 g/mol. The number of benzene rings is 1. The van der Waals surface area contributed by atoms with Crippen LogP contribution in [-0.2, 0) is 6.54 Å². The molecule has 0 unspecified atom stereocenters. The Kier molecular flexibility index (Phi) is 6.44. The van der Waals surface area contributed by atoms with Gasteiger partial charge >= 0.3 is 0 Å². The van der Waals surface area contributed by atoms with Crippen molar-refractivity contribution in [1.82, 2.24) is 14.9 Å². The summed E-state index contributed by atoms with van der Waals surface area (Å²) in [5.74, 6) is 1.94. The maximum Gasteiger partial charge on any atom is 0.165 e. The minimum atomic E-state index is -0.296. The Morgan fingerprint density at radius 3 is 2.59 bits per heavy atom. The maximum absolute atomic E-state index is 13.9. The average Bonchev–Trinajstić information content (AvgIpc) is 2.76. The van der Waals surface area contributed by atoms with E-state index in [2.05, 4.69) is 31.2 Å². The first kappa shape index (κ1) is 19.9. The van der Waals surface area contributed by atoms with Gasteiger partial charge in [-0.05, 0) is 49.8 Å². The summed E-state index contributed by atoms with van der Waals surface area (Å²) in [6.07, 6.45) is 7.55. The Labute approximate surface area is 172 Å². The highest BCUT2D eigenvalue weighted by Crippen LogP contribution is 2.23. The summed E-state index contributed by atoms with van der Waals surface area (Å²) >= 11 is 0. The SMILES string of the molecule is COc1ccc(CN2CCC(Nc3cc(N4CCCCC4)ncn3)CC2)cc1F. The van der Waals surface area contributed by atoms with Crippen LogP contribution in [0.1, 0.15) is 37.7 Å². The molecule has 0 aliphatic carbocycles. The van der Waals surface area contributed by atoms with Crippen LogP contribution in [0.25, 0.3) is 0 Å². The molecule has 2 fully saturated rings. The zero-order valence-electron chi connectivity index (χ0n) is 17.1. The van der Waals surface area contributed by atoms with Gasteiger partial charge in [0.1, 0.15) is 18.0 Å². The van der Waals surface area contributed by atoms with E-state index in [4.69, 9.17) is 4.74 Å². The first-order valence-corrected chi connectivity index (χ1v) is 10.6. The van der Waals surface area contributed by atoms with Gasteiger partial charge in [0.15, 0.2) is 11.6 Å². The summed E-state index contributed by atoms with van der Waals surface area (Å²) in [6, 6.07) is 7.70. The fourth-order valence-electron chi connectivity index (χ4n) is 4.23. The number of piperidine rings is 2. The van der Waals surface area contributed by atoms with Gasteiger partial charge in [-0.2, -0.15) is 0 Å². The molecule has 4 rings (SSSR count). The molecule has 3 heterocycles. The number of halogens is 1. The predicted octanol–water partition coefficient (Wildman–Crippen LogP) is 3.69. The molecule has 0 amide bonds. The van der Waals surface area contributed by atoms with Crippen molar-refractivity contribution >= 4 is 11.6 Å². The molecule has 2 aliphatic rings. The lowest BCUT2D eigenvalue weighted by Gasteiger charge is -2.33. The van der Waals surface area contributed by atoms with Gasteiger partial charge in [-0.15, -0.1) is 0 Å². The fraction of sp³-hybridized carbons (Fsp3) is 0.545. The number of aromatic nitrogens is 2. The highest BCUT2D eigenvalue weighted by molar-refractivity contribution is 5.49. The Morgan fingerprint density at radius 2 is 1.86 bits per heavy atom. The predicted molar refractivity (Wildman–Crippen MR) is 113 cm³/mol. The van der Waals surface area contributed by atoms with Gasteiger partial charge in [-0.3, -0.25) is 4.90 Å². The van der Waals surface area contributed by atoms with E-state index >= 15 is 0 Å². The second kappa shape index (κ2) is 9.39. The molecule has 2 aliphatic heterocycles. The van der Waals surface area contributed by atoms with Gasteiger partial charge in [-0.25, -0.2) is 14.4 Å². The van der Waals surface area contributed by atoms with E-state index in [1.54, 1.807) is 18.5 Å². The Bertz CT molecular complexity index is 804. The molecule has 1 aromatic carbocycles. The molecule has 0 spiro atoms. The van der Waals surface area contributed by atoms with Crippen LogP contribution >= 0.6 is 0 Å². The number of anilines is 2. The number of hydrogen-bond donors (Lipinski definition) is 1. The molecule has 1 aromatic heterocycles. The molecule has 29 heavy (non-hydrogen) atoms. The summed E-state index contributed by atoms with van der Waals surface area (Å²) in [5, 5.41) is 3.59. The third-order valence-corrected chi connectivity index (χ3v) is 5.89. The number of nitrogens with zero attached hydrogens (tertiary/aromatic N) is 4. The zero-order valence-corrected chi connectivity index (χ0v) is 17.1. The van der Waals surface area contributed by atoms with Crippen molar-refractivity contribution in [2.75, 3.05) is 43.5 Å². The number of rotatable bonds is 6. The highest BCUT2D eigenvalue weighted by Gasteiger charge is 2.20. The number of methoxy groups -OCH3 is 1. The van der Waals surface area contributed by atoms with Crippen molar-refractivity contribution in [3.63, 3.8) is 0 Å². The largest absolute Gasteiger partial charge is 0.494 e. The summed E-state index contributed by atoms with van der Waals surface area (Å²) in [6.45, 7) is 4.90. The zero-order chi connectivity index (χ0) is 20.1. The van der Waals surface area contributed by atoms with Gasteiger partial charge < -0.3 is 15.0 Å². The number of ether oxygens (including phenoxy) is 1. The highest BCUT2D eigenvalue weighted by atomic mass is 19.1. The minimum absolute atomic E-state index is 0.296. The summed E-state index contributed by atoms with van der Waals surface area (Å²) < 4.78 is 18.9. The summed E-state index contributed by atoms with van der Waals surface area (Å²) in [4.78, 5) is 13.6. The molecular formula is C22H30FN5O. The van der Waals surface area contributed by atoms with Crippen LogP contribution in [-0.4, -0.2) is 54.2 Å². The molecular weight excluding hydrogens is 369 g/mol. The second-order valence-electron chi connectivity index (χ2n) is 7.97. The van der Waals surface area contributed by atoms with E-state index in [1.165, 1.54) is 26.4 Å². The Balaban J connectivity index is 1.28. The second-order valence-corrected chi connectivity index (χ2v) is 7.97. The minimum Gasteiger partial charge on any atom is -0.494 e. The summed E-state index contributed by atoms with van der Waals surface area (Å²) in [5.41, 5.74) is 0.983. The number of nitrogens with one attached hydrogen (secondary N) is 1. The number of likely N-dealkylation sites (tertiary alicyclic amines) is 1. The molecule has 2 aromatic rings. The van der Waals surface area contributed by atoms with Crippen LogP contribution < -0.4 is 15.0 Å². The van der Waals surface area contributed by atoms with Crippen molar-refractivity contribution in [3.05, 3.63) is 42.0 Å². The Morgan fingerprint density at radius 1 is 1.07 bits per heavy atom. The third kappa shape index (κ3) is 5.15. The van der Waals surface area contributed by atoms with E-state index in [-0.39, 0.29) is 5.82 Å². The molecule has 2 saturated heterocycles. The van der Waals surface area contributed by atoms with E-state index in [0.29, 0.717) is 11.8 Å². The van der Waals surface area contributed by atoms with E-state index in [9.17, 15) is 4.39 Å². The first-order valence-electron chi connectivity index (χ1n) is 10.6. The van der Waals surface area contributed by atoms with Crippen molar-refractivity contribution < 1.29 is 9.13 Å². The lowest BCUT2D eigenvalue weighted by atomic mass is 10.0. The van der Waals surface area contributed by atoms with Gasteiger partial charge in [0.05, 0.1) is 7.11 Å². The van der Waals surface area contributed by atoms with Crippen molar-refractivity contribution in [2.45, 2.75) is 44.7 Å². The monoisotopic (exact) mass is 399 g/mol. The lowest BCUT2D eigenvalue weighted by molar-refractivity contribution is 0.211. The van der Waals surface area contributed by atoms with Crippen LogP contribution in [0.2, 0.25) is 0 Å².